The molecule has 0 spiro atoms. The van der Waals surface area contributed by atoms with E-state index < -0.39 is 28.2 Å². The van der Waals surface area contributed by atoms with Crippen LogP contribution in [-0.4, -0.2) is 31.3 Å². The molecule has 6 heteroatoms. The van der Waals surface area contributed by atoms with Gasteiger partial charge in [-0.25, -0.2) is 0 Å². The molecule has 3 aromatic heterocycles. The summed E-state index contributed by atoms with van der Waals surface area (Å²) in [6.07, 6.45) is 3.55. The molecule has 7 aromatic rings. The van der Waals surface area contributed by atoms with Crippen LogP contribution >= 0.6 is 0 Å². The average molecular weight is 857 g/mol. The molecule has 0 amide bonds. The van der Waals surface area contributed by atoms with Crippen LogP contribution in [0.1, 0.15) is 9.68 Å². The summed E-state index contributed by atoms with van der Waals surface area (Å²) >= 11 is -2.39. The molecule has 0 unspecified atom stereocenters. The van der Waals surface area contributed by atoms with E-state index in [2.05, 4.69) is 102 Å². The van der Waals surface area contributed by atoms with Crippen LogP contribution in [0, 0.1) is 19.0 Å². The monoisotopic (exact) mass is 858 g/mol. The van der Waals surface area contributed by atoms with Crippen molar-refractivity contribution in [2.45, 2.75) is 38.0 Å². The van der Waals surface area contributed by atoms with Crippen LogP contribution in [0.25, 0.3) is 55.6 Å². The predicted molar refractivity (Wildman–Crippen MR) is 194 cm³/mol. The van der Waals surface area contributed by atoms with Crippen molar-refractivity contribution >= 4 is 57.3 Å². The molecule has 231 valence electrons. The fourth-order valence-corrected chi connectivity index (χ4v) is 13.7. The summed E-state index contributed by atoms with van der Waals surface area (Å²) in [7, 11) is -1.23. The Morgan fingerprint density at radius 3 is 2.30 bits per heavy atom. The first-order valence-corrected chi connectivity index (χ1v) is 25.0. The third-order valence-electron chi connectivity index (χ3n) is 8.78. The maximum atomic E-state index is 7.75. The second kappa shape index (κ2) is 12.5. The molecular formula is C40H36GeIrN2OSi-2. The van der Waals surface area contributed by atoms with E-state index in [9.17, 15) is 0 Å². The number of rotatable bonds is 3. The molecule has 1 radical (unpaired) electrons. The molecule has 4 aromatic carbocycles. The van der Waals surface area contributed by atoms with Crippen LogP contribution in [0.4, 0.5) is 0 Å². The second-order valence-electron chi connectivity index (χ2n) is 13.1. The summed E-state index contributed by atoms with van der Waals surface area (Å²) in [4.78, 5) is 8.96. The number of hydrogen-bond acceptors (Lipinski definition) is 3. The molecule has 0 bridgehead atoms. The third kappa shape index (κ3) is 5.75. The summed E-state index contributed by atoms with van der Waals surface area (Å²) in [6, 6.07) is 38.9. The fourth-order valence-electron chi connectivity index (χ4n) is 6.29. The molecule has 0 saturated carbocycles. The summed E-state index contributed by atoms with van der Waals surface area (Å²) in [5.74, 6) is 4.87. The molecule has 8 rings (SSSR count). The molecule has 1 aliphatic rings. The zero-order valence-corrected chi connectivity index (χ0v) is 32.0. The molecular weight excluding hydrogens is 817 g/mol. The van der Waals surface area contributed by atoms with Crippen molar-refractivity contribution in [2.75, 3.05) is 0 Å². The van der Waals surface area contributed by atoms with Gasteiger partial charge in [0, 0.05) is 26.3 Å². The van der Waals surface area contributed by atoms with Gasteiger partial charge in [-0.2, -0.15) is 0 Å². The SMILES string of the molecule is C[Si](C)(C)c1ccc(-c2[c-]cccc2)nc1.[2H]C([2H])([2H])c1ccnc(-c2[c-]ccc3c2oc2c4[c](ccc23)[Ge]([CH3])([CH3])[c]2ccccc2-4)c1.[Ir]. The number of aryl methyl sites for hydroxylation is 1. The van der Waals surface area contributed by atoms with E-state index in [0.717, 1.165) is 27.6 Å². The maximum Gasteiger partial charge on any atom is 0 e. The van der Waals surface area contributed by atoms with E-state index in [1.54, 1.807) is 6.07 Å². The Hall–Kier alpha value is -3.61. The Morgan fingerprint density at radius 2 is 1.57 bits per heavy atom. The first-order valence-electron chi connectivity index (χ1n) is 16.7. The van der Waals surface area contributed by atoms with Gasteiger partial charge < -0.3 is 4.98 Å². The van der Waals surface area contributed by atoms with Crippen molar-refractivity contribution in [3.8, 4) is 33.6 Å². The number of nitrogens with zero attached hydrogens (tertiary/aromatic N) is 2. The Labute approximate surface area is 293 Å². The number of furan rings is 1. The standard InChI is InChI=1S/C26H20GeNO.C14H16NSi.Ir/c1-16-13-14-28-23(15-16)20-9-6-8-17-18-11-12-22-24(26(18)29-25(17)20)19-7-4-5-10-21(19)27(22,2)3;1-16(2,3)13-9-10-14(15-11-13)12-7-5-4-6-8-12;/h4-8,10-15H,1-3H3;4-7,9-11H,1-3H3;/q2*-1;/i1D3;;. The molecule has 1 aliphatic heterocycles. The number of hydrogen-bond donors (Lipinski definition) is 0. The van der Waals surface area contributed by atoms with Gasteiger partial charge >= 0.3 is 177 Å². The summed E-state index contributed by atoms with van der Waals surface area (Å²) < 4.78 is 32.7. The number of benzene rings is 4. The van der Waals surface area contributed by atoms with Crippen LogP contribution in [0.3, 0.4) is 0 Å². The predicted octanol–water partition coefficient (Wildman–Crippen LogP) is 8.65. The van der Waals surface area contributed by atoms with Crippen molar-refractivity contribution < 1.29 is 28.6 Å². The van der Waals surface area contributed by atoms with Crippen LogP contribution in [0.2, 0.25) is 31.2 Å². The van der Waals surface area contributed by atoms with E-state index in [1.165, 1.54) is 37.4 Å². The van der Waals surface area contributed by atoms with E-state index in [1.807, 2.05) is 42.6 Å². The molecule has 0 N–H and O–H groups in total. The van der Waals surface area contributed by atoms with Crippen molar-refractivity contribution in [1.82, 2.24) is 9.97 Å². The molecule has 0 fully saturated rings. The van der Waals surface area contributed by atoms with Crippen LogP contribution in [0.15, 0.2) is 114 Å². The molecule has 0 aliphatic carbocycles. The van der Waals surface area contributed by atoms with E-state index in [-0.39, 0.29) is 25.7 Å². The van der Waals surface area contributed by atoms with Crippen LogP contribution in [0.5, 0.6) is 0 Å². The summed E-state index contributed by atoms with van der Waals surface area (Å²) in [5, 5.41) is 3.45. The Balaban J connectivity index is 0.000000208. The van der Waals surface area contributed by atoms with Crippen molar-refractivity contribution in [3.63, 3.8) is 0 Å². The minimum atomic E-state index is -2.39. The average Bonchev–Trinajstić information content (AvgIpc) is 3.57. The number of aromatic nitrogens is 2. The minimum Gasteiger partial charge on any atom is 0 e. The van der Waals surface area contributed by atoms with Crippen molar-refractivity contribution in [1.29, 1.82) is 0 Å². The van der Waals surface area contributed by atoms with E-state index in [4.69, 9.17) is 8.53 Å². The molecule has 4 heterocycles. The molecule has 0 saturated heterocycles. The normalized spacial score (nSPS) is 14.2. The molecule has 46 heavy (non-hydrogen) atoms. The van der Waals surface area contributed by atoms with E-state index in [0.29, 0.717) is 16.8 Å². The van der Waals surface area contributed by atoms with E-state index >= 15 is 0 Å². The minimum absolute atomic E-state index is 0. The Morgan fingerprint density at radius 1 is 0.761 bits per heavy atom. The van der Waals surface area contributed by atoms with Crippen molar-refractivity contribution in [3.05, 3.63) is 127 Å². The first kappa shape index (κ1) is 28.6. The Bertz CT molecular complexity index is 2300. The zero-order valence-electron chi connectivity index (χ0n) is 29.5. The van der Waals surface area contributed by atoms with Crippen LogP contribution < -0.4 is 14.0 Å². The Kier molecular flexibility index (Phi) is 7.79. The van der Waals surface area contributed by atoms with Gasteiger partial charge in [-0.3, -0.25) is 0 Å². The summed E-state index contributed by atoms with van der Waals surface area (Å²) in [6.45, 7) is 4.80. The largest absolute Gasteiger partial charge is 0 e. The van der Waals surface area contributed by atoms with Gasteiger partial charge in [-0.1, -0.05) is 31.8 Å². The van der Waals surface area contributed by atoms with Gasteiger partial charge in [-0.05, 0) is 10.9 Å². The fraction of sp³-hybridized carbons (Fsp3) is 0.150. The van der Waals surface area contributed by atoms with Gasteiger partial charge in [0.2, 0.25) is 0 Å². The first-order chi connectivity index (χ1) is 22.8. The second-order valence-corrected chi connectivity index (χ2v) is 27.3. The quantitative estimate of drug-likeness (QED) is 0.132. The van der Waals surface area contributed by atoms with Crippen molar-refractivity contribution in [2.24, 2.45) is 0 Å². The number of fused-ring (bicyclic) bond motifs is 7. The van der Waals surface area contributed by atoms with Gasteiger partial charge in [0.15, 0.2) is 0 Å². The molecule has 0 atom stereocenters. The smallest absolute Gasteiger partial charge is 0 e. The summed E-state index contributed by atoms with van der Waals surface area (Å²) in [5.41, 5.74) is 7.65. The van der Waals surface area contributed by atoms with Gasteiger partial charge in [0.25, 0.3) is 0 Å². The third-order valence-corrected chi connectivity index (χ3v) is 18.2. The van der Waals surface area contributed by atoms with Gasteiger partial charge in [0.05, 0.1) is 8.07 Å². The zero-order chi connectivity index (χ0) is 33.8. The van der Waals surface area contributed by atoms with Gasteiger partial charge in [0.1, 0.15) is 0 Å². The molecule has 3 nitrogen and oxygen atoms in total. The number of pyridine rings is 2. The van der Waals surface area contributed by atoms with Crippen LogP contribution in [-0.2, 0) is 20.1 Å². The van der Waals surface area contributed by atoms with Gasteiger partial charge in [-0.15, -0.1) is 35.9 Å². The topological polar surface area (TPSA) is 38.9 Å². The maximum absolute atomic E-state index is 7.75.